The smallest absolute Gasteiger partial charge is 0.319 e. The first kappa shape index (κ1) is 20.9. The molecule has 2 amide bonds. The van der Waals surface area contributed by atoms with E-state index in [0.717, 1.165) is 22.3 Å². The molecule has 3 aromatic rings. The average molecular weight is 479 g/mol. The zero-order chi connectivity index (χ0) is 24.6. The number of nitrogens with zero attached hydrogens (tertiary/aromatic N) is 1. The second-order valence-corrected chi connectivity index (χ2v) is 9.56. The zero-order valence-corrected chi connectivity index (χ0v) is 19.3. The third-order valence-electron chi connectivity index (χ3n) is 7.55. The predicted octanol–water partition coefficient (Wildman–Crippen LogP) is 4.25. The van der Waals surface area contributed by atoms with Crippen LogP contribution in [0.3, 0.4) is 0 Å². The quantitative estimate of drug-likeness (QED) is 0.311. The van der Waals surface area contributed by atoms with Crippen LogP contribution >= 0.6 is 0 Å². The van der Waals surface area contributed by atoms with Gasteiger partial charge in [0.2, 0.25) is 18.6 Å². The van der Waals surface area contributed by atoms with Crippen LogP contribution in [-0.2, 0) is 14.4 Å². The third kappa shape index (κ3) is 2.89. The largest absolute Gasteiger partial charge is 0.454 e. The van der Waals surface area contributed by atoms with Gasteiger partial charge in [0.15, 0.2) is 11.5 Å². The van der Waals surface area contributed by atoms with Crippen LogP contribution in [0, 0.1) is 24.7 Å². The predicted molar refractivity (Wildman–Crippen MR) is 130 cm³/mol. The highest BCUT2D eigenvalue weighted by atomic mass is 16.7. The summed E-state index contributed by atoms with van der Waals surface area (Å²) in [6, 6.07) is 20.1. The van der Waals surface area contributed by atoms with Crippen LogP contribution in [-0.4, -0.2) is 24.6 Å². The van der Waals surface area contributed by atoms with Gasteiger partial charge in [-0.05, 0) is 54.0 Å². The van der Waals surface area contributed by atoms with Crippen LogP contribution in [0.2, 0.25) is 0 Å². The molecule has 3 heterocycles. The maximum Gasteiger partial charge on any atom is 0.319 e. The molecule has 4 atom stereocenters. The van der Waals surface area contributed by atoms with Gasteiger partial charge in [-0.3, -0.25) is 14.4 Å². The Balaban J connectivity index is 1.43. The summed E-state index contributed by atoms with van der Waals surface area (Å²) in [5, 5.41) is 0. The molecule has 7 nitrogen and oxygen atoms in total. The van der Waals surface area contributed by atoms with Crippen molar-refractivity contribution in [2.75, 3.05) is 11.7 Å². The Morgan fingerprint density at radius 3 is 2.42 bits per heavy atom. The summed E-state index contributed by atoms with van der Waals surface area (Å²) < 4.78 is 16.8. The van der Waals surface area contributed by atoms with E-state index in [2.05, 4.69) is 0 Å². The summed E-state index contributed by atoms with van der Waals surface area (Å²) in [6.45, 7) is 2.06. The van der Waals surface area contributed by atoms with Crippen molar-refractivity contribution in [1.82, 2.24) is 0 Å². The molecule has 7 heteroatoms. The van der Waals surface area contributed by atoms with Gasteiger partial charge in [0.05, 0.1) is 23.4 Å². The van der Waals surface area contributed by atoms with Crippen LogP contribution in [0.4, 0.5) is 5.69 Å². The molecule has 4 aliphatic rings. The summed E-state index contributed by atoms with van der Waals surface area (Å²) in [5.41, 5.74) is 3.77. The number of benzene rings is 3. The second-order valence-electron chi connectivity index (χ2n) is 9.56. The number of para-hydroxylation sites is 1. The van der Waals surface area contributed by atoms with Crippen molar-refractivity contribution >= 4 is 29.0 Å². The first-order valence-corrected chi connectivity index (χ1v) is 11.9. The number of anilines is 1. The molecule has 0 unspecified atom stereocenters. The minimum Gasteiger partial charge on any atom is -0.454 e. The standard InChI is InChI=1S/C29H21NO6/c1-15-7-9-18-20-13-19(16-8-10-21-23(12-16)35-14-34-21)24-26(25(20)29(33)36-22(18)11-15)28(32)30(27(24)31)17-5-3-2-4-6-17/h2-13,19,24-26H,14H2,1H3/t19-,24+,25-,26+/m1/s1. The maximum absolute atomic E-state index is 13.9. The lowest BCUT2D eigenvalue weighted by atomic mass is 9.64. The van der Waals surface area contributed by atoms with E-state index in [9.17, 15) is 14.4 Å². The third-order valence-corrected chi connectivity index (χ3v) is 7.55. The van der Waals surface area contributed by atoms with Gasteiger partial charge in [0.1, 0.15) is 5.75 Å². The molecule has 0 saturated carbocycles. The number of fused-ring (bicyclic) bond motifs is 6. The highest BCUT2D eigenvalue weighted by Gasteiger charge is 2.60. The number of carbonyl (C=O) groups is 3. The molecule has 1 aliphatic carbocycles. The Kier molecular flexibility index (Phi) is 4.39. The van der Waals surface area contributed by atoms with E-state index < -0.39 is 29.6 Å². The fourth-order valence-electron chi connectivity index (χ4n) is 5.95. The molecule has 3 aliphatic heterocycles. The fraction of sp³-hybridized carbons (Fsp3) is 0.207. The Morgan fingerprint density at radius 2 is 1.58 bits per heavy atom. The van der Waals surface area contributed by atoms with Crippen molar-refractivity contribution in [3.8, 4) is 17.2 Å². The number of ether oxygens (including phenoxy) is 3. The van der Waals surface area contributed by atoms with E-state index in [-0.39, 0.29) is 18.6 Å². The van der Waals surface area contributed by atoms with Gasteiger partial charge < -0.3 is 14.2 Å². The number of amides is 2. The van der Waals surface area contributed by atoms with E-state index in [1.54, 1.807) is 24.3 Å². The summed E-state index contributed by atoms with van der Waals surface area (Å²) in [6.07, 6.45) is 1.97. The molecule has 0 aromatic heterocycles. The second kappa shape index (κ2) is 7.55. The highest BCUT2D eigenvalue weighted by Crippen LogP contribution is 2.55. The van der Waals surface area contributed by atoms with Crippen LogP contribution in [0.5, 0.6) is 17.2 Å². The summed E-state index contributed by atoms with van der Waals surface area (Å²) >= 11 is 0. The monoisotopic (exact) mass is 479 g/mol. The van der Waals surface area contributed by atoms with E-state index in [1.807, 2.05) is 55.5 Å². The number of esters is 1. The summed E-state index contributed by atoms with van der Waals surface area (Å²) in [7, 11) is 0. The van der Waals surface area contributed by atoms with Gasteiger partial charge in [-0.2, -0.15) is 0 Å². The van der Waals surface area contributed by atoms with Crippen molar-refractivity contribution in [2.24, 2.45) is 17.8 Å². The SMILES string of the molecule is Cc1ccc2c(c1)OC(=O)[C@@H]1C2=C[C@H](c2ccc3c(c2)OCO3)[C@@H]2C(=O)N(c3ccccc3)C(=O)[C@H]12. The Morgan fingerprint density at radius 1 is 0.806 bits per heavy atom. The number of hydrogen-bond donors (Lipinski definition) is 0. The van der Waals surface area contributed by atoms with Crippen molar-refractivity contribution < 1.29 is 28.6 Å². The molecule has 3 aromatic carbocycles. The fourth-order valence-corrected chi connectivity index (χ4v) is 5.95. The minimum atomic E-state index is -0.880. The van der Waals surface area contributed by atoms with E-state index in [0.29, 0.717) is 22.9 Å². The Labute approximate surface area is 206 Å². The van der Waals surface area contributed by atoms with E-state index in [4.69, 9.17) is 14.2 Å². The van der Waals surface area contributed by atoms with Crippen molar-refractivity contribution in [2.45, 2.75) is 12.8 Å². The van der Waals surface area contributed by atoms with Crippen LogP contribution in [0.15, 0.2) is 72.8 Å². The summed E-state index contributed by atoms with van der Waals surface area (Å²) in [4.78, 5) is 42.4. The molecule has 0 radical (unpaired) electrons. The lowest BCUT2D eigenvalue weighted by Crippen LogP contribution is -2.42. The first-order chi connectivity index (χ1) is 17.5. The van der Waals surface area contributed by atoms with E-state index >= 15 is 0 Å². The lowest BCUT2D eigenvalue weighted by molar-refractivity contribution is -0.142. The topological polar surface area (TPSA) is 82.1 Å². The summed E-state index contributed by atoms with van der Waals surface area (Å²) in [5.74, 6) is -2.44. The normalized spacial score (nSPS) is 25.6. The van der Waals surface area contributed by atoms with E-state index in [1.165, 1.54) is 4.90 Å². The Bertz CT molecular complexity index is 1490. The molecule has 0 N–H and O–H groups in total. The van der Waals surface area contributed by atoms with Crippen LogP contribution in [0.25, 0.3) is 5.57 Å². The average Bonchev–Trinajstić information content (AvgIpc) is 3.45. The number of imide groups is 1. The van der Waals surface area contributed by atoms with Crippen molar-refractivity contribution in [1.29, 1.82) is 0 Å². The first-order valence-electron chi connectivity index (χ1n) is 11.9. The van der Waals surface area contributed by atoms with Gasteiger partial charge in [-0.15, -0.1) is 0 Å². The van der Waals surface area contributed by atoms with Gasteiger partial charge in [0.25, 0.3) is 0 Å². The molecular formula is C29H21NO6. The molecular weight excluding hydrogens is 458 g/mol. The Hall–Kier alpha value is -4.39. The molecule has 1 fully saturated rings. The van der Waals surface area contributed by atoms with Gasteiger partial charge in [-0.1, -0.05) is 42.5 Å². The van der Waals surface area contributed by atoms with Gasteiger partial charge in [-0.25, -0.2) is 4.90 Å². The molecule has 0 spiro atoms. The van der Waals surface area contributed by atoms with Gasteiger partial charge >= 0.3 is 5.97 Å². The number of rotatable bonds is 2. The molecule has 0 bridgehead atoms. The maximum atomic E-state index is 13.9. The number of allylic oxidation sites excluding steroid dienone is 1. The number of carbonyl (C=O) groups excluding carboxylic acids is 3. The molecule has 178 valence electrons. The highest BCUT2D eigenvalue weighted by molar-refractivity contribution is 6.24. The van der Waals surface area contributed by atoms with Crippen molar-refractivity contribution in [3.05, 3.63) is 89.5 Å². The molecule has 1 saturated heterocycles. The lowest BCUT2D eigenvalue weighted by Gasteiger charge is -2.38. The number of hydrogen-bond acceptors (Lipinski definition) is 6. The van der Waals surface area contributed by atoms with Gasteiger partial charge in [0, 0.05) is 11.5 Å². The molecule has 36 heavy (non-hydrogen) atoms. The minimum absolute atomic E-state index is 0.135. The van der Waals surface area contributed by atoms with Crippen LogP contribution < -0.4 is 19.1 Å². The number of aryl methyl sites for hydroxylation is 1. The zero-order valence-electron chi connectivity index (χ0n) is 19.3. The molecule has 7 rings (SSSR count). The van der Waals surface area contributed by atoms with Crippen molar-refractivity contribution in [3.63, 3.8) is 0 Å². The van der Waals surface area contributed by atoms with Crippen LogP contribution in [0.1, 0.15) is 22.6 Å².